The standard InChI is InChI=1S/C12H21NO/c1-12(2)8-7-11(14)9-13(12)10-5-3-4-6-10/h10H,3-9H2,1-2H3. The van der Waals surface area contributed by atoms with E-state index in [1.165, 1.54) is 25.7 Å². The summed E-state index contributed by atoms with van der Waals surface area (Å²) < 4.78 is 0. The van der Waals surface area contributed by atoms with E-state index in [1.54, 1.807) is 0 Å². The van der Waals surface area contributed by atoms with Crippen LogP contribution in [0.5, 0.6) is 0 Å². The lowest BCUT2D eigenvalue weighted by Crippen LogP contribution is -2.54. The summed E-state index contributed by atoms with van der Waals surface area (Å²) in [5.41, 5.74) is 0.253. The van der Waals surface area contributed by atoms with E-state index >= 15 is 0 Å². The van der Waals surface area contributed by atoms with E-state index in [1.807, 2.05) is 0 Å². The van der Waals surface area contributed by atoms with Gasteiger partial charge >= 0.3 is 0 Å². The maximum absolute atomic E-state index is 11.5. The zero-order valence-corrected chi connectivity index (χ0v) is 9.38. The predicted octanol–water partition coefficient (Wildman–Crippen LogP) is 2.37. The van der Waals surface area contributed by atoms with Crippen LogP contribution in [0.2, 0.25) is 0 Å². The van der Waals surface area contributed by atoms with Gasteiger partial charge in [-0.25, -0.2) is 0 Å². The van der Waals surface area contributed by atoms with E-state index in [0.717, 1.165) is 12.8 Å². The van der Waals surface area contributed by atoms with Crippen molar-refractivity contribution in [3.8, 4) is 0 Å². The molecule has 2 aliphatic rings. The molecule has 1 aliphatic carbocycles. The Bertz CT molecular complexity index is 228. The topological polar surface area (TPSA) is 20.3 Å². The van der Waals surface area contributed by atoms with Crippen LogP contribution < -0.4 is 0 Å². The van der Waals surface area contributed by atoms with Crippen molar-refractivity contribution in [2.24, 2.45) is 0 Å². The van der Waals surface area contributed by atoms with Gasteiger partial charge in [-0.15, -0.1) is 0 Å². The van der Waals surface area contributed by atoms with Crippen LogP contribution in [0, 0.1) is 0 Å². The number of likely N-dealkylation sites (tertiary alicyclic amines) is 1. The van der Waals surface area contributed by atoms with Gasteiger partial charge in [0, 0.05) is 18.0 Å². The highest BCUT2D eigenvalue weighted by atomic mass is 16.1. The third-order valence-electron chi connectivity index (χ3n) is 3.91. The number of Topliss-reactive ketones (excluding diaryl/α,β-unsaturated/α-hetero) is 1. The van der Waals surface area contributed by atoms with Crippen LogP contribution in [-0.2, 0) is 4.79 Å². The Labute approximate surface area is 86.7 Å². The first-order valence-corrected chi connectivity index (χ1v) is 5.88. The highest BCUT2D eigenvalue weighted by molar-refractivity contribution is 5.81. The smallest absolute Gasteiger partial charge is 0.146 e. The van der Waals surface area contributed by atoms with Gasteiger partial charge in [0.05, 0.1) is 6.54 Å². The Morgan fingerprint density at radius 1 is 1.29 bits per heavy atom. The predicted molar refractivity (Wildman–Crippen MR) is 57.3 cm³/mol. The van der Waals surface area contributed by atoms with Gasteiger partial charge in [0.2, 0.25) is 0 Å². The molecule has 0 N–H and O–H groups in total. The molecule has 14 heavy (non-hydrogen) atoms. The highest BCUT2D eigenvalue weighted by Gasteiger charge is 2.38. The van der Waals surface area contributed by atoms with E-state index in [0.29, 0.717) is 18.4 Å². The van der Waals surface area contributed by atoms with Gasteiger partial charge in [-0.3, -0.25) is 9.69 Å². The number of piperidine rings is 1. The van der Waals surface area contributed by atoms with Crippen LogP contribution >= 0.6 is 0 Å². The monoisotopic (exact) mass is 195 g/mol. The molecule has 2 heteroatoms. The quantitative estimate of drug-likeness (QED) is 0.640. The highest BCUT2D eigenvalue weighted by Crippen LogP contribution is 2.33. The van der Waals surface area contributed by atoms with Crippen molar-refractivity contribution >= 4 is 5.78 Å². The summed E-state index contributed by atoms with van der Waals surface area (Å²) in [6.07, 6.45) is 7.14. The van der Waals surface area contributed by atoms with Gasteiger partial charge in [-0.2, -0.15) is 0 Å². The third kappa shape index (κ3) is 1.85. The molecule has 80 valence electrons. The van der Waals surface area contributed by atoms with Crippen LogP contribution in [0.1, 0.15) is 52.4 Å². The molecule has 1 aliphatic heterocycles. The average molecular weight is 195 g/mol. The van der Waals surface area contributed by atoms with Crippen molar-refractivity contribution in [3.63, 3.8) is 0 Å². The molecule has 1 saturated carbocycles. The average Bonchev–Trinajstić information content (AvgIpc) is 2.62. The number of hydrogen-bond acceptors (Lipinski definition) is 2. The Morgan fingerprint density at radius 2 is 1.93 bits per heavy atom. The fourth-order valence-electron chi connectivity index (χ4n) is 2.91. The van der Waals surface area contributed by atoms with E-state index in [9.17, 15) is 4.79 Å². The lowest BCUT2D eigenvalue weighted by Gasteiger charge is -2.45. The van der Waals surface area contributed by atoms with Gasteiger partial charge < -0.3 is 0 Å². The number of hydrogen-bond donors (Lipinski definition) is 0. The summed E-state index contributed by atoms with van der Waals surface area (Å²) in [7, 11) is 0. The second kappa shape index (κ2) is 3.65. The first-order chi connectivity index (χ1) is 6.59. The van der Waals surface area contributed by atoms with Crippen molar-refractivity contribution in [1.82, 2.24) is 4.90 Å². The third-order valence-corrected chi connectivity index (χ3v) is 3.91. The zero-order chi connectivity index (χ0) is 10.2. The van der Waals surface area contributed by atoms with Gasteiger partial charge in [-0.1, -0.05) is 12.8 Å². The lowest BCUT2D eigenvalue weighted by atomic mass is 9.88. The number of carbonyl (C=O) groups excluding carboxylic acids is 1. The maximum Gasteiger partial charge on any atom is 0.146 e. The molecular formula is C12H21NO. The summed E-state index contributed by atoms with van der Waals surface area (Å²) in [6, 6.07) is 0.689. The van der Waals surface area contributed by atoms with E-state index < -0.39 is 0 Å². The molecule has 0 radical (unpaired) electrons. The molecule has 0 aromatic heterocycles. The molecule has 2 rings (SSSR count). The van der Waals surface area contributed by atoms with Crippen molar-refractivity contribution in [2.75, 3.05) is 6.54 Å². The van der Waals surface area contributed by atoms with Gasteiger partial charge in [0.1, 0.15) is 5.78 Å². The minimum atomic E-state index is 0.253. The zero-order valence-electron chi connectivity index (χ0n) is 9.38. The maximum atomic E-state index is 11.5. The molecule has 0 unspecified atom stereocenters. The van der Waals surface area contributed by atoms with Crippen LogP contribution in [0.4, 0.5) is 0 Å². The van der Waals surface area contributed by atoms with Gasteiger partial charge in [0.15, 0.2) is 0 Å². The number of rotatable bonds is 1. The largest absolute Gasteiger partial charge is 0.298 e. The second-order valence-corrected chi connectivity index (χ2v) is 5.42. The second-order valence-electron chi connectivity index (χ2n) is 5.42. The summed E-state index contributed by atoms with van der Waals surface area (Å²) >= 11 is 0. The number of carbonyl (C=O) groups is 1. The van der Waals surface area contributed by atoms with Crippen LogP contribution in [0.15, 0.2) is 0 Å². The summed E-state index contributed by atoms with van der Waals surface area (Å²) in [5, 5.41) is 0. The van der Waals surface area contributed by atoms with Crippen molar-refractivity contribution in [1.29, 1.82) is 0 Å². The van der Waals surface area contributed by atoms with Crippen LogP contribution in [0.25, 0.3) is 0 Å². The molecule has 1 saturated heterocycles. The molecule has 2 nitrogen and oxygen atoms in total. The first kappa shape index (κ1) is 10.2. The molecular weight excluding hydrogens is 174 g/mol. The Balaban J connectivity index is 2.08. The SMILES string of the molecule is CC1(C)CCC(=O)CN1C1CCCC1. The fourth-order valence-corrected chi connectivity index (χ4v) is 2.91. The molecule has 0 bridgehead atoms. The fraction of sp³-hybridized carbons (Fsp3) is 0.917. The van der Waals surface area contributed by atoms with Gasteiger partial charge in [0.25, 0.3) is 0 Å². The molecule has 0 atom stereocenters. The molecule has 2 fully saturated rings. The molecule has 0 amide bonds. The summed E-state index contributed by atoms with van der Waals surface area (Å²) in [6.45, 7) is 5.28. The molecule has 0 aromatic rings. The van der Waals surface area contributed by atoms with Crippen molar-refractivity contribution in [2.45, 2.75) is 64.0 Å². The first-order valence-electron chi connectivity index (χ1n) is 5.88. The van der Waals surface area contributed by atoms with E-state index in [-0.39, 0.29) is 5.54 Å². The van der Waals surface area contributed by atoms with Crippen LogP contribution in [-0.4, -0.2) is 28.8 Å². The van der Waals surface area contributed by atoms with E-state index in [2.05, 4.69) is 18.7 Å². The summed E-state index contributed by atoms with van der Waals surface area (Å²) in [5.74, 6) is 0.441. The van der Waals surface area contributed by atoms with Crippen LogP contribution in [0.3, 0.4) is 0 Å². The minimum Gasteiger partial charge on any atom is -0.298 e. The number of ketones is 1. The van der Waals surface area contributed by atoms with E-state index in [4.69, 9.17) is 0 Å². The lowest BCUT2D eigenvalue weighted by molar-refractivity contribution is -0.127. The van der Waals surface area contributed by atoms with Crippen molar-refractivity contribution in [3.05, 3.63) is 0 Å². The molecule has 0 aromatic carbocycles. The minimum absolute atomic E-state index is 0.253. The number of nitrogens with zero attached hydrogens (tertiary/aromatic N) is 1. The normalized spacial score (nSPS) is 29.7. The summed E-state index contributed by atoms with van der Waals surface area (Å²) in [4.78, 5) is 13.9. The Kier molecular flexibility index (Phi) is 2.65. The Hall–Kier alpha value is -0.370. The molecule has 1 heterocycles. The molecule has 0 spiro atoms. The Morgan fingerprint density at radius 3 is 2.57 bits per heavy atom. The van der Waals surface area contributed by atoms with Gasteiger partial charge in [-0.05, 0) is 33.1 Å². The van der Waals surface area contributed by atoms with Crippen molar-refractivity contribution < 1.29 is 4.79 Å².